The van der Waals surface area contributed by atoms with Crippen molar-refractivity contribution in [3.8, 4) is 5.75 Å². The number of nitrogens with one attached hydrogen (secondary N) is 1. The van der Waals surface area contributed by atoms with Gasteiger partial charge in [-0.05, 0) is 38.3 Å². The van der Waals surface area contributed by atoms with Crippen LogP contribution in [0.1, 0.15) is 46.1 Å². The summed E-state index contributed by atoms with van der Waals surface area (Å²) in [5.41, 5.74) is 1.19. The van der Waals surface area contributed by atoms with Gasteiger partial charge in [0.05, 0.1) is 0 Å². The van der Waals surface area contributed by atoms with Crippen molar-refractivity contribution in [2.75, 3.05) is 13.2 Å². The van der Waals surface area contributed by atoms with Crippen LogP contribution in [0.4, 0.5) is 0 Å². The van der Waals surface area contributed by atoms with Gasteiger partial charge in [0, 0.05) is 12.1 Å². The SMILES string of the molecule is CC(C)c1ccccc1OC[C@@H](O)CNC(C)(C)C. The standard InChI is InChI=1S/C16H27NO2/c1-12(2)14-8-6-7-9-15(14)19-11-13(18)10-17-16(3,4)5/h6-9,12-13,17-18H,10-11H2,1-5H3/t13-/m0/s1. The highest BCUT2D eigenvalue weighted by atomic mass is 16.5. The van der Waals surface area contributed by atoms with Gasteiger partial charge in [-0.1, -0.05) is 32.0 Å². The van der Waals surface area contributed by atoms with Crippen molar-refractivity contribution in [3.05, 3.63) is 29.8 Å². The van der Waals surface area contributed by atoms with Crippen molar-refractivity contribution in [2.45, 2.75) is 52.2 Å². The number of aliphatic hydroxyl groups excluding tert-OH is 1. The summed E-state index contributed by atoms with van der Waals surface area (Å²) < 4.78 is 5.74. The molecule has 1 atom stereocenters. The minimum Gasteiger partial charge on any atom is -0.491 e. The van der Waals surface area contributed by atoms with E-state index >= 15 is 0 Å². The zero-order valence-electron chi connectivity index (χ0n) is 12.7. The fraction of sp³-hybridized carbons (Fsp3) is 0.625. The van der Waals surface area contributed by atoms with Gasteiger partial charge in [0.2, 0.25) is 0 Å². The van der Waals surface area contributed by atoms with Gasteiger partial charge in [-0.15, -0.1) is 0 Å². The van der Waals surface area contributed by atoms with E-state index < -0.39 is 6.10 Å². The average molecular weight is 265 g/mol. The summed E-state index contributed by atoms with van der Waals surface area (Å²) in [4.78, 5) is 0. The molecule has 1 aromatic rings. The molecule has 0 fully saturated rings. The maximum atomic E-state index is 9.92. The van der Waals surface area contributed by atoms with Crippen molar-refractivity contribution in [1.29, 1.82) is 0 Å². The van der Waals surface area contributed by atoms with Gasteiger partial charge in [-0.2, -0.15) is 0 Å². The number of hydrogen-bond acceptors (Lipinski definition) is 3. The number of hydrogen-bond donors (Lipinski definition) is 2. The summed E-state index contributed by atoms with van der Waals surface area (Å²) in [6, 6.07) is 8.00. The first kappa shape index (κ1) is 16.0. The monoisotopic (exact) mass is 265 g/mol. The van der Waals surface area contributed by atoms with Crippen molar-refractivity contribution in [1.82, 2.24) is 5.32 Å². The van der Waals surface area contributed by atoms with Gasteiger partial charge >= 0.3 is 0 Å². The molecule has 3 heteroatoms. The number of ether oxygens (including phenoxy) is 1. The predicted molar refractivity (Wildman–Crippen MR) is 79.8 cm³/mol. The van der Waals surface area contributed by atoms with Crippen LogP contribution >= 0.6 is 0 Å². The Labute approximate surface area is 117 Å². The molecule has 0 radical (unpaired) electrons. The zero-order chi connectivity index (χ0) is 14.5. The minimum atomic E-state index is -0.501. The Kier molecular flexibility index (Phi) is 5.83. The lowest BCUT2D eigenvalue weighted by atomic mass is 10.0. The normalized spacial score (nSPS) is 13.6. The molecule has 0 aliphatic heterocycles. The molecule has 0 spiro atoms. The van der Waals surface area contributed by atoms with Gasteiger partial charge in [-0.3, -0.25) is 0 Å². The Morgan fingerprint density at radius 1 is 1.21 bits per heavy atom. The predicted octanol–water partition coefficient (Wildman–Crippen LogP) is 2.94. The van der Waals surface area contributed by atoms with Crippen molar-refractivity contribution < 1.29 is 9.84 Å². The molecule has 1 rings (SSSR count). The Hall–Kier alpha value is -1.06. The van der Waals surface area contributed by atoms with Crippen LogP contribution in [0, 0.1) is 0 Å². The van der Waals surface area contributed by atoms with E-state index in [0.29, 0.717) is 19.1 Å². The van der Waals surface area contributed by atoms with Crippen LogP contribution in [0.25, 0.3) is 0 Å². The number of rotatable bonds is 6. The molecule has 0 unspecified atom stereocenters. The highest BCUT2D eigenvalue weighted by molar-refractivity contribution is 5.35. The van der Waals surface area contributed by atoms with Gasteiger partial charge < -0.3 is 15.2 Å². The second kappa shape index (κ2) is 6.92. The first-order valence-corrected chi connectivity index (χ1v) is 6.94. The minimum absolute atomic E-state index is 0.0107. The van der Waals surface area contributed by atoms with E-state index in [1.807, 2.05) is 18.2 Å². The number of β-amino-alcohol motifs (C(OH)–C–C–N with tert-alkyl or cyclic N) is 1. The molecular formula is C16H27NO2. The lowest BCUT2D eigenvalue weighted by Crippen LogP contribution is -2.42. The summed E-state index contributed by atoms with van der Waals surface area (Å²) in [6.45, 7) is 11.4. The van der Waals surface area contributed by atoms with Crippen LogP contribution in [-0.4, -0.2) is 29.9 Å². The lowest BCUT2D eigenvalue weighted by molar-refractivity contribution is 0.0994. The molecule has 0 amide bonds. The van der Waals surface area contributed by atoms with Crippen LogP contribution in [-0.2, 0) is 0 Å². The molecule has 3 nitrogen and oxygen atoms in total. The van der Waals surface area contributed by atoms with E-state index in [4.69, 9.17) is 4.74 Å². The second-order valence-corrected chi connectivity index (χ2v) is 6.29. The van der Waals surface area contributed by atoms with E-state index in [2.05, 4.69) is 46.0 Å². The van der Waals surface area contributed by atoms with E-state index in [0.717, 1.165) is 5.75 Å². The molecule has 2 N–H and O–H groups in total. The largest absolute Gasteiger partial charge is 0.491 e. The summed E-state index contributed by atoms with van der Waals surface area (Å²) >= 11 is 0. The summed E-state index contributed by atoms with van der Waals surface area (Å²) in [5, 5.41) is 13.2. The Morgan fingerprint density at radius 3 is 2.42 bits per heavy atom. The first-order valence-electron chi connectivity index (χ1n) is 6.94. The third-order valence-corrected chi connectivity index (χ3v) is 2.84. The Bertz CT molecular complexity index is 383. The fourth-order valence-corrected chi connectivity index (χ4v) is 1.76. The molecule has 19 heavy (non-hydrogen) atoms. The third-order valence-electron chi connectivity index (χ3n) is 2.84. The fourth-order valence-electron chi connectivity index (χ4n) is 1.76. The number of benzene rings is 1. The zero-order valence-corrected chi connectivity index (χ0v) is 12.7. The van der Waals surface area contributed by atoms with Crippen LogP contribution in [0.3, 0.4) is 0 Å². The number of para-hydroxylation sites is 1. The summed E-state index contributed by atoms with van der Waals surface area (Å²) in [7, 11) is 0. The van der Waals surface area contributed by atoms with Gasteiger partial charge in [-0.25, -0.2) is 0 Å². The van der Waals surface area contributed by atoms with Crippen LogP contribution < -0.4 is 10.1 Å². The molecule has 0 saturated carbocycles. The topological polar surface area (TPSA) is 41.5 Å². The van der Waals surface area contributed by atoms with Gasteiger partial charge in [0.25, 0.3) is 0 Å². The van der Waals surface area contributed by atoms with Crippen LogP contribution in [0.15, 0.2) is 24.3 Å². The Morgan fingerprint density at radius 2 is 1.84 bits per heavy atom. The average Bonchev–Trinajstić information content (AvgIpc) is 2.33. The highest BCUT2D eigenvalue weighted by Gasteiger charge is 2.13. The quantitative estimate of drug-likeness (QED) is 0.831. The summed E-state index contributed by atoms with van der Waals surface area (Å²) in [6.07, 6.45) is -0.501. The smallest absolute Gasteiger partial charge is 0.122 e. The van der Waals surface area contributed by atoms with Crippen molar-refractivity contribution in [2.24, 2.45) is 0 Å². The van der Waals surface area contributed by atoms with Crippen molar-refractivity contribution in [3.63, 3.8) is 0 Å². The molecule has 1 aromatic carbocycles. The van der Waals surface area contributed by atoms with Gasteiger partial charge in [0.1, 0.15) is 18.5 Å². The molecule has 0 aromatic heterocycles. The maximum absolute atomic E-state index is 9.92. The molecule has 0 bridgehead atoms. The van der Waals surface area contributed by atoms with Crippen LogP contribution in [0.2, 0.25) is 0 Å². The molecule has 0 aliphatic carbocycles. The van der Waals surface area contributed by atoms with E-state index in [1.165, 1.54) is 5.56 Å². The molecule has 0 saturated heterocycles. The first-order chi connectivity index (χ1) is 8.79. The second-order valence-electron chi connectivity index (χ2n) is 6.29. The summed E-state index contributed by atoms with van der Waals surface area (Å²) in [5.74, 6) is 1.29. The van der Waals surface area contributed by atoms with E-state index in [-0.39, 0.29) is 5.54 Å². The molecule has 0 heterocycles. The van der Waals surface area contributed by atoms with E-state index in [1.54, 1.807) is 0 Å². The highest BCUT2D eigenvalue weighted by Crippen LogP contribution is 2.25. The third kappa shape index (κ3) is 6.08. The molecular weight excluding hydrogens is 238 g/mol. The van der Waals surface area contributed by atoms with Crippen molar-refractivity contribution >= 4 is 0 Å². The molecule has 108 valence electrons. The molecule has 0 aliphatic rings. The lowest BCUT2D eigenvalue weighted by Gasteiger charge is -2.23. The Balaban J connectivity index is 2.48. The van der Waals surface area contributed by atoms with Crippen LogP contribution in [0.5, 0.6) is 5.75 Å². The number of aliphatic hydroxyl groups is 1. The van der Waals surface area contributed by atoms with E-state index in [9.17, 15) is 5.11 Å². The maximum Gasteiger partial charge on any atom is 0.122 e. The van der Waals surface area contributed by atoms with Gasteiger partial charge in [0.15, 0.2) is 0 Å².